The van der Waals surface area contributed by atoms with Crippen molar-refractivity contribution < 1.29 is 58.0 Å². The molecule has 2 aliphatic rings. The third-order valence-corrected chi connectivity index (χ3v) is 10.2. The number of hydrogen-bond acceptors (Lipinski definition) is 16. The van der Waals surface area contributed by atoms with Crippen LogP contribution in [0.1, 0.15) is 56.1 Å². The molecule has 2 heterocycles. The van der Waals surface area contributed by atoms with Crippen LogP contribution < -0.4 is 18.9 Å². The number of ether oxygens (including phenoxy) is 8. The van der Waals surface area contributed by atoms with Crippen molar-refractivity contribution in [2.24, 2.45) is 0 Å². The number of nitro groups is 2. The van der Waals surface area contributed by atoms with Gasteiger partial charge in [-0.3, -0.25) is 30.0 Å². The van der Waals surface area contributed by atoms with Gasteiger partial charge >= 0.3 is 0 Å². The summed E-state index contributed by atoms with van der Waals surface area (Å²) in [5.74, 6) is -2.21. The summed E-state index contributed by atoms with van der Waals surface area (Å²) in [6, 6.07) is 5.44. The van der Waals surface area contributed by atoms with E-state index in [9.17, 15) is 25.3 Å². The first-order valence-corrected chi connectivity index (χ1v) is 18.3. The molecule has 18 nitrogen and oxygen atoms in total. The van der Waals surface area contributed by atoms with Crippen molar-refractivity contribution in [1.29, 1.82) is 0 Å². The predicted octanol–water partition coefficient (Wildman–Crippen LogP) is 4.20. The standard InChI is InChI=1S/C36H54N4O13.CH4O/c1-46-31-19-27(35(48-3,49-4)24-37-14-9-7-10-15-37)29(39(42)43)21-33(31)52-17-12-18-53-34-22-30(40(44)45)28(20-32(34)47-2)36(50-5,51-6)25-38-16-11-8-13-26(38)23-41;1-2/h19-22,26,41H,7-18,23-25H2,1-6H3;2H,1H3. The van der Waals surface area contributed by atoms with E-state index in [0.717, 1.165) is 58.7 Å². The largest absolute Gasteiger partial charge is 0.493 e. The lowest BCUT2D eigenvalue weighted by Gasteiger charge is -2.41. The van der Waals surface area contributed by atoms with Gasteiger partial charge in [-0.2, -0.15) is 0 Å². The summed E-state index contributed by atoms with van der Waals surface area (Å²) in [5, 5.41) is 41.7. The summed E-state index contributed by atoms with van der Waals surface area (Å²) in [7, 11) is 9.61. The fourth-order valence-electron chi connectivity index (χ4n) is 7.17. The van der Waals surface area contributed by atoms with Crippen molar-refractivity contribution in [1.82, 2.24) is 9.80 Å². The molecule has 55 heavy (non-hydrogen) atoms. The highest BCUT2D eigenvalue weighted by Crippen LogP contribution is 2.44. The Bertz CT molecular complexity index is 1520. The Kier molecular flexibility index (Phi) is 18.2. The van der Waals surface area contributed by atoms with Crippen molar-refractivity contribution in [3.63, 3.8) is 0 Å². The van der Waals surface area contributed by atoms with E-state index in [4.69, 9.17) is 43.0 Å². The van der Waals surface area contributed by atoms with Crippen LogP contribution in [0.5, 0.6) is 23.0 Å². The Morgan fingerprint density at radius 1 is 0.673 bits per heavy atom. The molecule has 2 aromatic carbocycles. The van der Waals surface area contributed by atoms with Crippen LogP contribution in [-0.4, -0.2) is 138 Å². The van der Waals surface area contributed by atoms with Crippen molar-refractivity contribution in [2.75, 3.05) is 102 Å². The zero-order valence-electron chi connectivity index (χ0n) is 33.1. The molecule has 1 atom stereocenters. The molecule has 0 bridgehead atoms. The summed E-state index contributed by atoms with van der Waals surface area (Å²) in [5.41, 5.74) is -0.191. The molecule has 2 aromatic rings. The molecule has 0 aromatic heterocycles. The van der Waals surface area contributed by atoms with Gasteiger partial charge in [0.15, 0.2) is 23.0 Å². The van der Waals surface area contributed by atoms with E-state index < -0.39 is 21.4 Å². The number of nitro benzene ring substituents is 2. The van der Waals surface area contributed by atoms with Crippen molar-refractivity contribution >= 4 is 11.4 Å². The van der Waals surface area contributed by atoms with E-state index in [1.807, 2.05) is 4.90 Å². The minimum Gasteiger partial charge on any atom is -0.493 e. The fourth-order valence-corrected chi connectivity index (χ4v) is 7.17. The maximum atomic E-state index is 12.4. The van der Waals surface area contributed by atoms with E-state index in [0.29, 0.717) is 19.5 Å². The van der Waals surface area contributed by atoms with E-state index in [1.165, 1.54) is 66.9 Å². The number of piperidine rings is 2. The maximum absolute atomic E-state index is 12.4. The molecule has 18 heteroatoms. The number of nitrogens with zero attached hydrogens (tertiary/aromatic N) is 4. The molecule has 310 valence electrons. The van der Waals surface area contributed by atoms with Gasteiger partial charge in [-0.05, 0) is 57.5 Å². The van der Waals surface area contributed by atoms with Crippen LogP contribution in [0.4, 0.5) is 11.4 Å². The maximum Gasteiger partial charge on any atom is 0.282 e. The molecule has 0 saturated carbocycles. The Labute approximate surface area is 322 Å². The fraction of sp³-hybridized carbons (Fsp3) is 0.676. The normalized spacial score (nSPS) is 16.9. The molecular weight excluding hydrogens is 724 g/mol. The van der Waals surface area contributed by atoms with Gasteiger partial charge in [0, 0.05) is 48.0 Å². The van der Waals surface area contributed by atoms with E-state index in [1.54, 1.807) is 0 Å². The van der Waals surface area contributed by atoms with Crippen molar-refractivity contribution in [3.05, 3.63) is 55.6 Å². The summed E-state index contributed by atoms with van der Waals surface area (Å²) in [6.45, 7) is 2.86. The third kappa shape index (κ3) is 10.9. The van der Waals surface area contributed by atoms with Gasteiger partial charge in [-0.15, -0.1) is 0 Å². The second-order valence-corrected chi connectivity index (χ2v) is 13.1. The van der Waals surface area contributed by atoms with Crippen LogP contribution in [0.25, 0.3) is 0 Å². The summed E-state index contributed by atoms with van der Waals surface area (Å²) >= 11 is 0. The average molecular weight is 783 g/mol. The SMILES string of the molecule is CO.COc1cc(C(CN2CCCCC2)(OC)OC)c([N+](=O)[O-])cc1OCCCOc1cc([N+](=O)[O-])c(C(CN2CCCCC2CO)(OC)OC)cc1OC. The monoisotopic (exact) mass is 782 g/mol. The molecule has 2 fully saturated rings. The Hall–Kier alpha value is -3.88. The summed E-state index contributed by atoms with van der Waals surface area (Å²) in [4.78, 5) is 27.9. The highest BCUT2D eigenvalue weighted by Gasteiger charge is 2.44. The number of aliphatic hydroxyl groups is 2. The van der Waals surface area contributed by atoms with Crippen molar-refractivity contribution in [3.8, 4) is 23.0 Å². The molecule has 0 aliphatic carbocycles. The molecule has 0 spiro atoms. The zero-order valence-corrected chi connectivity index (χ0v) is 33.1. The van der Waals surface area contributed by atoms with Crippen LogP contribution in [0.15, 0.2) is 24.3 Å². The van der Waals surface area contributed by atoms with Gasteiger partial charge in [0.05, 0.1) is 80.2 Å². The lowest BCUT2D eigenvalue weighted by molar-refractivity contribution is -0.389. The molecule has 0 radical (unpaired) electrons. The molecule has 2 N–H and O–H groups in total. The van der Waals surface area contributed by atoms with Crippen LogP contribution in [0, 0.1) is 20.2 Å². The molecule has 2 aliphatic heterocycles. The molecular formula is C37H58N4O14. The van der Waals surface area contributed by atoms with E-state index >= 15 is 0 Å². The van der Waals surface area contributed by atoms with Gasteiger partial charge in [0.25, 0.3) is 11.4 Å². The third-order valence-electron chi connectivity index (χ3n) is 10.2. The number of likely N-dealkylation sites (tertiary alicyclic amines) is 2. The summed E-state index contributed by atoms with van der Waals surface area (Å²) in [6.07, 6.45) is 6.15. The zero-order chi connectivity index (χ0) is 40.6. The van der Waals surface area contributed by atoms with Gasteiger partial charge in [0.1, 0.15) is 0 Å². The Morgan fingerprint density at radius 3 is 1.55 bits per heavy atom. The van der Waals surface area contributed by atoms with Gasteiger partial charge in [0.2, 0.25) is 11.6 Å². The van der Waals surface area contributed by atoms with Crippen LogP contribution in [0.3, 0.4) is 0 Å². The van der Waals surface area contributed by atoms with E-state index in [-0.39, 0.29) is 77.9 Å². The Morgan fingerprint density at radius 2 is 1.13 bits per heavy atom. The Balaban J connectivity index is 0.00000399. The number of benzene rings is 2. The molecule has 0 amide bonds. The van der Waals surface area contributed by atoms with Gasteiger partial charge in [-0.25, -0.2) is 0 Å². The van der Waals surface area contributed by atoms with Crippen molar-refractivity contribution in [2.45, 2.75) is 62.6 Å². The van der Waals surface area contributed by atoms with Gasteiger partial charge < -0.3 is 48.1 Å². The summed E-state index contributed by atoms with van der Waals surface area (Å²) < 4.78 is 46.4. The number of rotatable bonds is 21. The van der Waals surface area contributed by atoms with Crippen LogP contribution >= 0.6 is 0 Å². The number of hydrogen-bond donors (Lipinski definition) is 2. The predicted molar refractivity (Wildman–Crippen MR) is 201 cm³/mol. The first-order chi connectivity index (χ1) is 26.5. The average Bonchev–Trinajstić information content (AvgIpc) is 3.22. The number of methoxy groups -OCH3 is 6. The lowest BCUT2D eigenvalue weighted by Crippen LogP contribution is -2.51. The second-order valence-electron chi connectivity index (χ2n) is 13.1. The highest BCUT2D eigenvalue weighted by atomic mass is 16.7. The topological polar surface area (TPSA) is 207 Å². The molecule has 4 rings (SSSR count). The van der Waals surface area contributed by atoms with Gasteiger partial charge in [-0.1, -0.05) is 12.8 Å². The molecule has 2 saturated heterocycles. The highest BCUT2D eigenvalue weighted by molar-refractivity contribution is 5.57. The number of aliphatic hydroxyl groups excluding tert-OH is 2. The van der Waals surface area contributed by atoms with Crippen LogP contribution in [-0.2, 0) is 30.5 Å². The molecule has 1 unspecified atom stereocenters. The smallest absolute Gasteiger partial charge is 0.282 e. The second kappa shape index (κ2) is 22.0. The van der Waals surface area contributed by atoms with Crippen LogP contribution in [0.2, 0.25) is 0 Å². The lowest BCUT2D eigenvalue weighted by atomic mass is 9.97. The quantitative estimate of drug-likeness (QED) is 0.0787. The van der Waals surface area contributed by atoms with E-state index in [2.05, 4.69) is 4.90 Å². The first kappa shape index (κ1) is 45.5. The minimum absolute atomic E-state index is 0.0540. The first-order valence-electron chi connectivity index (χ1n) is 18.3. The minimum atomic E-state index is -1.54.